The first-order chi connectivity index (χ1) is 9.25. The molecule has 19 heavy (non-hydrogen) atoms. The lowest BCUT2D eigenvalue weighted by Gasteiger charge is -2.18. The first-order valence-electron chi connectivity index (χ1n) is 6.58. The van der Waals surface area contributed by atoms with Gasteiger partial charge in [-0.05, 0) is 25.6 Å². The van der Waals surface area contributed by atoms with Crippen LogP contribution in [0, 0.1) is 5.82 Å². The lowest BCUT2D eigenvalue weighted by Crippen LogP contribution is -2.33. The molecule has 0 aromatic heterocycles. The molecule has 0 radical (unpaired) electrons. The highest BCUT2D eigenvalue weighted by atomic mass is 19.1. The molecule has 0 atom stereocenters. The molecule has 0 aliphatic carbocycles. The third-order valence-electron chi connectivity index (χ3n) is 3.13. The van der Waals surface area contributed by atoms with E-state index in [-0.39, 0.29) is 24.9 Å². The Morgan fingerprint density at radius 2 is 2.16 bits per heavy atom. The van der Waals surface area contributed by atoms with Crippen molar-refractivity contribution in [2.45, 2.75) is 13.0 Å². The third kappa shape index (κ3) is 4.61. The lowest BCUT2D eigenvalue weighted by atomic mass is 10.2. The fourth-order valence-electron chi connectivity index (χ4n) is 2.06. The predicted octanol–water partition coefficient (Wildman–Crippen LogP) is 1.16. The number of nitrogens with one attached hydrogen (secondary N) is 1. The minimum absolute atomic E-state index is 0.00238. The van der Waals surface area contributed by atoms with Crippen LogP contribution in [0.4, 0.5) is 4.39 Å². The molecular weight excluding hydrogens is 247 g/mol. The molecule has 1 aromatic rings. The Kier molecular flexibility index (Phi) is 5.30. The van der Waals surface area contributed by atoms with Gasteiger partial charge in [0.15, 0.2) is 0 Å². The fraction of sp³-hybridized carbons (Fsp3) is 0.500. The molecule has 0 bridgehead atoms. The van der Waals surface area contributed by atoms with Gasteiger partial charge < -0.3 is 10.1 Å². The number of rotatable bonds is 4. The Balaban J connectivity index is 1.76. The molecule has 1 N–H and O–H groups in total. The van der Waals surface area contributed by atoms with Crippen LogP contribution in [0.3, 0.4) is 0 Å². The van der Waals surface area contributed by atoms with Crippen LogP contribution in [0.5, 0.6) is 0 Å². The Labute approximate surface area is 112 Å². The van der Waals surface area contributed by atoms with E-state index in [4.69, 9.17) is 4.74 Å². The molecule has 0 amide bonds. The van der Waals surface area contributed by atoms with Crippen molar-refractivity contribution in [3.05, 3.63) is 35.6 Å². The van der Waals surface area contributed by atoms with Gasteiger partial charge in [-0.2, -0.15) is 0 Å². The van der Waals surface area contributed by atoms with Crippen LogP contribution in [0.2, 0.25) is 0 Å². The van der Waals surface area contributed by atoms with Gasteiger partial charge in [0.05, 0.1) is 6.54 Å². The number of nitrogens with zero attached hydrogens (tertiary/aromatic N) is 1. The topological polar surface area (TPSA) is 41.6 Å². The Hall–Kier alpha value is -1.46. The highest BCUT2D eigenvalue weighted by Gasteiger charge is 2.14. The molecule has 0 saturated carbocycles. The summed E-state index contributed by atoms with van der Waals surface area (Å²) in [7, 11) is 0. The summed E-state index contributed by atoms with van der Waals surface area (Å²) >= 11 is 0. The van der Waals surface area contributed by atoms with Gasteiger partial charge in [-0.3, -0.25) is 9.69 Å². The quantitative estimate of drug-likeness (QED) is 0.831. The van der Waals surface area contributed by atoms with Gasteiger partial charge in [-0.15, -0.1) is 0 Å². The Morgan fingerprint density at radius 3 is 3.00 bits per heavy atom. The number of benzene rings is 1. The summed E-state index contributed by atoms with van der Waals surface area (Å²) in [5.74, 6) is -0.639. The highest BCUT2D eigenvalue weighted by molar-refractivity contribution is 5.71. The Bertz CT molecular complexity index is 418. The first-order valence-corrected chi connectivity index (χ1v) is 6.58. The number of halogens is 1. The van der Waals surface area contributed by atoms with Gasteiger partial charge in [0.1, 0.15) is 12.4 Å². The van der Waals surface area contributed by atoms with E-state index < -0.39 is 0 Å². The second kappa shape index (κ2) is 7.21. The van der Waals surface area contributed by atoms with Crippen molar-refractivity contribution >= 4 is 5.97 Å². The molecule has 4 nitrogen and oxygen atoms in total. The van der Waals surface area contributed by atoms with Crippen LogP contribution >= 0.6 is 0 Å². The summed E-state index contributed by atoms with van der Waals surface area (Å²) in [5.41, 5.74) is 0.411. The van der Waals surface area contributed by atoms with Crippen molar-refractivity contribution in [1.29, 1.82) is 0 Å². The maximum Gasteiger partial charge on any atom is 0.320 e. The normalized spacial score (nSPS) is 16.9. The van der Waals surface area contributed by atoms with Gasteiger partial charge in [-0.1, -0.05) is 18.2 Å². The van der Waals surface area contributed by atoms with E-state index >= 15 is 0 Å². The molecule has 1 heterocycles. The van der Waals surface area contributed by atoms with Crippen LogP contribution in [0.25, 0.3) is 0 Å². The zero-order chi connectivity index (χ0) is 13.5. The zero-order valence-corrected chi connectivity index (χ0v) is 10.9. The molecule has 0 spiro atoms. The summed E-state index contributed by atoms with van der Waals surface area (Å²) in [6, 6.07) is 6.33. The molecule has 0 unspecified atom stereocenters. The second-order valence-electron chi connectivity index (χ2n) is 4.63. The Morgan fingerprint density at radius 1 is 1.32 bits per heavy atom. The standard InChI is InChI=1S/C14H19FN2O2/c15-13-5-2-1-4-12(13)11-19-14(18)10-17-8-3-6-16-7-9-17/h1-2,4-5,16H,3,6-11H2. The monoisotopic (exact) mass is 266 g/mol. The molecule has 1 fully saturated rings. The van der Waals surface area contributed by atoms with Gasteiger partial charge in [-0.25, -0.2) is 4.39 Å². The molecule has 104 valence electrons. The van der Waals surface area contributed by atoms with Crippen molar-refractivity contribution in [3.63, 3.8) is 0 Å². The highest BCUT2D eigenvalue weighted by Crippen LogP contribution is 2.08. The minimum Gasteiger partial charge on any atom is -0.460 e. The third-order valence-corrected chi connectivity index (χ3v) is 3.13. The molecule has 1 aliphatic rings. The summed E-state index contributed by atoms with van der Waals surface area (Å²) in [4.78, 5) is 13.8. The molecular formula is C14H19FN2O2. The van der Waals surface area contributed by atoms with Crippen LogP contribution in [-0.4, -0.2) is 43.6 Å². The average Bonchev–Trinajstić information content (AvgIpc) is 2.66. The number of hydrogen-bond donors (Lipinski definition) is 1. The summed E-state index contributed by atoms with van der Waals surface area (Å²) in [6.07, 6.45) is 1.03. The van der Waals surface area contributed by atoms with Crippen LogP contribution in [-0.2, 0) is 16.1 Å². The van der Waals surface area contributed by atoms with Crippen molar-refractivity contribution in [3.8, 4) is 0 Å². The van der Waals surface area contributed by atoms with E-state index in [1.807, 2.05) is 0 Å². The van der Waals surface area contributed by atoms with Gasteiger partial charge in [0.25, 0.3) is 0 Å². The minimum atomic E-state index is -0.339. The van der Waals surface area contributed by atoms with E-state index in [9.17, 15) is 9.18 Å². The smallest absolute Gasteiger partial charge is 0.320 e. The fourth-order valence-corrected chi connectivity index (χ4v) is 2.06. The lowest BCUT2D eigenvalue weighted by molar-refractivity contribution is -0.146. The maximum atomic E-state index is 13.3. The van der Waals surface area contributed by atoms with Crippen molar-refractivity contribution in [1.82, 2.24) is 10.2 Å². The average molecular weight is 266 g/mol. The number of esters is 1. The van der Waals surface area contributed by atoms with Crippen LogP contribution in [0.15, 0.2) is 24.3 Å². The molecule has 5 heteroatoms. The summed E-state index contributed by atoms with van der Waals surface area (Å²) in [5, 5.41) is 3.27. The summed E-state index contributed by atoms with van der Waals surface area (Å²) in [6.45, 7) is 3.88. The van der Waals surface area contributed by atoms with Gasteiger partial charge >= 0.3 is 5.97 Å². The van der Waals surface area contributed by atoms with E-state index in [2.05, 4.69) is 10.2 Å². The van der Waals surface area contributed by atoms with E-state index in [1.54, 1.807) is 18.2 Å². The van der Waals surface area contributed by atoms with Gasteiger partial charge in [0, 0.05) is 18.7 Å². The zero-order valence-electron chi connectivity index (χ0n) is 10.9. The number of carbonyl (C=O) groups is 1. The molecule has 1 saturated heterocycles. The predicted molar refractivity (Wildman–Crippen MR) is 70.1 cm³/mol. The largest absolute Gasteiger partial charge is 0.460 e. The van der Waals surface area contributed by atoms with E-state index in [0.29, 0.717) is 5.56 Å². The number of hydrogen-bond acceptors (Lipinski definition) is 4. The van der Waals surface area contributed by atoms with E-state index in [1.165, 1.54) is 6.07 Å². The molecule has 1 aliphatic heterocycles. The number of ether oxygens (including phenoxy) is 1. The van der Waals surface area contributed by atoms with E-state index in [0.717, 1.165) is 32.6 Å². The first kappa shape index (κ1) is 14.0. The van der Waals surface area contributed by atoms with Crippen molar-refractivity contribution < 1.29 is 13.9 Å². The molecule has 1 aromatic carbocycles. The van der Waals surface area contributed by atoms with Crippen LogP contribution in [0.1, 0.15) is 12.0 Å². The van der Waals surface area contributed by atoms with Crippen LogP contribution < -0.4 is 5.32 Å². The van der Waals surface area contributed by atoms with Crippen molar-refractivity contribution in [2.75, 3.05) is 32.7 Å². The van der Waals surface area contributed by atoms with Crippen molar-refractivity contribution in [2.24, 2.45) is 0 Å². The second-order valence-corrected chi connectivity index (χ2v) is 4.63. The number of carbonyl (C=O) groups excluding carboxylic acids is 1. The van der Waals surface area contributed by atoms with Gasteiger partial charge in [0.2, 0.25) is 0 Å². The maximum absolute atomic E-state index is 13.3. The summed E-state index contributed by atoms with van der Waals surface area (Å²) < 4.78 is 18.5. The SMILES string of the molecule is O=C(CN1CCCNCC1)OCc1ccccc1F. The molecule has 2 rings (SSSR count).